The molecule has 2 atom stereocenters. The summed E-state index contributed by atoms with van der Waals surface area (Å²) < 4.78 is 12.8. The highest BCUT2D eigenvalue weighted by Crippen LogP contribution is 2.32. The minimum Gasteiger partial charge on any atom is -0.493 e. The summed E-state index contributed by atoms with van der Waals surface area (Å²) in [6.07, 6.45) is 36.4. The minimum atomic E-state index is 0.213. The van der Waals surface area contributed by atoms with Gasteiger partial charge in [-0.25, -0.2) is 0 Å². The van der Waals surface area contributed by atoms with E-state index >= 15 is 0 Å². The Kier molecular flexibility index (Phi) is 15.9. The van der Waals surface area contributed by atoms with Gasteiger partial charge < -0.3 is 9.47 Å². The van der Waals surface area contributed by atoms with Crippen LogP contribution < -0.4 is 9.47 Å². The molecule has 2 unspecified atom stereocenters. The molecule has 1 aromatic carbocycles. The van der Waals surface area contributed by atoms with Crippen LogP contribution in [-0.4, -0.2) is 38.7 Å². The fourth-order valence-electron chi connectivity index (χ4n) is 4.91. The summed E-state index contributed by atoms with van der Waals surface area (Å²) in [5, 5.41) is 0. The third kappa shape index (κ3) is 12.5. The summed E-state index contributed by atoms with van der Waals surface area (Å²) in [6.45, 7) is 7.54. The van der Waals surface area contributed by atoms with Crippen molar-refractivity contribution in [2.45, 2.75) is 90.9 Å². The summed E-state index contributed by atoms with van der Waals surface area (Å²) in [6, 6.07) is 4.33. The first-order valence-corrected chi connectivity index (χ1v) is 15.9. The van der Waals surface area contributed by atoms with Crippen molar-refractivity contribution < 1.29 is 9.47 Å². The molecule has 4 nitrogen and oxygen atoms in total. The maximum absolute atomic E-state index is 6.42. The highest BCUT2D eigenvalue weighted by Gasteiger charge is 2.12. The normalized spacial score (nSPS) is 18.4. The second-order valence-corrected chi connectivity index (χ2v) is 10.9. The first kappa shape index (κ1) is 31.6. The van der Waals surface area contributed by atoms with Crippen molar-refractivity contribution in [3.63, 3.8) is 0 Å². The van der Waals surface area contributed by atoms with Crippen LogP contribution in [0.25, 0.3) is 12.2 Å². The molecule has 0 aromatic heterocycles. The Labute approximate surface area is 244 Å². The molecule has 0 saturated carbocycles. The van der Waals surface area contributed by atoms with Crippen LogP contribution in [0.2, 0.25) is 0 Å². The van der Waals surface area contributed by atoms with E-state index in [-0.39, 0.29) is 11.8 Å². The highest BCUT2D eigenvalue weighted by molar-refractivity contribution is 5.74. The lowest BCUT2D eigenvalue weighted by Gasteiger charge is -2.16. The van der Waals surface area contributed by atoms with Gasteiger partial charge in [-0.2, -0.15) is 0 Å². The standard InChI is InChI=1S/C36H52N2O2/c1-3-5-7-9-11-13-25-39-35-27-34(22-20-32-18-16-24-38-30-32)36(40-26-14-12-10-8-6-4-2)28-33(35)21-19-31-17-15-23-37-29-31/h15-22,27-32H,3-14,23-26H2,1-2H3/b21-19+,22-20+. The van der Waals surface area contributed by atoms with Crippen molar-refractivity contribution in [2.24, 2.45) is 21.8 Å². The Balaban J connectivity index is 1.76. The van der Waals surface area contributed by atoms with Gasteiger partial charge >= 0.3 is 0 Å². The molecular formula is C36H52N2O2. The van der Waals surface area contributed by atoms with E-state index in [9.17, 15) is 0 Å². The molecule has 218 valence electrons. The zero-order valence-corrected chi connectivity index (χ0v) is 25.1. The average Bonchev–Trinajstić information content (AvgIpc) is 3.00. The van der Waals surface area contributed by atoms with Crippen LogP contribution in [0.1, 0.15) is 102 Å². The summed E-state index contributed by atoms with van der Waals surface area (Å²) in [7, 11) is 0. The van der Waals surface area contributed by atoms with Crippen LogP contribution in [0.15, 0.2) is 58.6 Å². The number of aliphatic imine (C=N–C) groups is 2. The molecule has 2 aliphatic heterocycles. The largest absolute Gasteiger partial charge is 0.493 e. The fraction of sp³-hybridized carbons (Fsp3) is 0.556. The van der Waals surface area contributed by atoms with E-state index in [1.807, 2.05) is 12.4 Å². The number of rotatable bonds is 20. The van der Waals surface area contributed by atoms with Crippen LogP contribution in [0.4, 0.5) is 0 Å². The molecule has 0 fully saturated rings. The lowest BCUT2D eigenvalue weighted by atomic mass is 10.0. The number of hydrogen-bond acceptors (Lipinski definition) is 4. The Morgan fingerprint density at radius 2 is 1.05 bits per heavy atom. The number of benzene rings is 1. The Bertz CT molecular complexity index is 912. The van der Waals surface area contributed by atoms with Crippen LogP contribution in [0.5, 0.6) is 11.5 Å². The van der Waals surface area contributed by atoms with Crippen molar-refractivity contribution in [2.75, 3.05) is 26.3 Å². The third-order valence-corrected chi connectivity index (χ3v) is 7.34. The third-order valence-electron chi connectivity index (χ3n) is 7.34. The van der Waals surface area contributed by atoms with Gasteiger partial charge in [0.2, 0.25) is 0 Å². The number of hydrogen-bond donors (Lipinski definition) is 0. The van der Waals surface area contributed by atoms with Gasteiger partial charge in [0.15, 0.2) is 0 Å². The van der Waals surface area contributed by atoms with Gasteiger partial charge in [-0.15, -0.1) is 0 Å². The molecule has 4 heteroatoms. The molecular weight excluding hydrogens is 492 g/mol. The quantitative estimate of drug-likeness (QED) is 0.121. The molecule has 0 N–H and O–H groups in total. The van der Waals surface area contributed by atoms with Crippen LogP contribution in [0, 0.1) is 11.8 Å². The Morgan fingerprint density at radius 1 is 0.625 bits per heavy atom. The van der Waals surface area contributed by atoms with Gasteiger partial charge in [0.1, 0.15) is 11.5 Å². The Morgan fingerprint density at radius 3 is 1.45 bits per heavy atom. The molecule has 0 amide bonds. The molecule has 0 saturated heterocycles. The van der Waals surface area contributed by atoms with Gasteiger partial charge in [0.25, 0.3) is 0 Å². The smallest absolute Gasteiger partial charge is 0.127 e. The van der Waals surface area contributed by atoms with Gasteiger partial charge in [0, 0.05) is 35.4 Å². The predicted octanol–water partition coefficient (Wildman–Crippen LogP) is 9.71. The number of unbranched alkanes of at least 4 members (excludes halogenated alkanes) is 10. The monoisotopic (exact) mass is 544 g/mol. The van der Waals surface area contributed by atoms with Gasteiger partial charge in [-0.05, 0) is 25.0 Å². The van der Waals surface area contributed by atoms with E-state index < -0.39 is 0 Å². The molecule has 2 heterocycles. The van der Waals surface area contributed by atoms with E-state index in [1.165, 1.54) is 64.2 Å². The van der Waals surface area contributed by atoms with Crippen LogP contribution >= 0.6 is 0 Å². The molecule has 1 aromatic rings. The number of dihydropyridines is 2. The predicted molar refractivity (Wildman–Crippen MR) is 174 cm³/mol. The molecule has 0 bridgehead atoms. The lowest BCUT2D eigenvalue weighted by molar-refractivity contribution is 0.295. The Hall–Kier alpha value is -2.88. The van der Waals surface area contributed by atoms with Crippen molar-refractivity contribution in [1.29, 1.82) is 0 Å². The molecule has 2 aliphatic rings. The molecule has 0 aliphatic carbocycles. The number of allylic oxidation sites excluding steroid dienone is 4. The summed E-state index contributed by atoms with van der Waals surface area (Å²) in [4.78, 5) is 8.83. The molecule has 0 spiro atoms. The zero-order valence-electron chi connectivity index (χ0n) is 25.1. The van der Waals surface area contributed by atoms with E-state index in [0.29, 0.717) is 0 Å². The first-order valence-electron chi connectivity index (χ1n) is 15.9. The van der Waals surface area contributed by atoms with Gasteiger partial charge in [0.05, 0.1) is 26.3 Å². The van der Waals surface area contributed by atoms with Gasteiger partial charge in [-0.1, -0.05) is 127 Å². The molecule has 0 radical (unpaired) electrons. The first-order chi connectivity index (χ1) is 19.8. The lowest BCUT2D eigenvalue weighted by Crippen LogP contribution is -2.04. The number of nitrogens with zero attached hydrogens (tertiary/aromatic N) is 2. The van der Waals surface area contributed by atoms with E-state index in [1.54, 1.807) is 0 Å². The second kappa shape index (κ2) is 20.1. The summed E-state index contributed by atoms with van der Waals surface area (Å²) in [5.74, 6) is 2.26. The zero-order chi connectivity index (χ0) is 28.1. The topological polar surface area (TPSA) is 43.2 Å². The van der Waals surface area contributed by atoms with E-state index in [2.05, 4.69) is 84.6 Å². The highest BCUT2D eigenvalue weighted by atomic mass is 16.5. The van der Waals surface area contributed by atoms with Crippen LogP contribution in [-0.2, 0) is 0 Å². The van der Waals surface area contributed by atoms with Crippen molar-refractivity contribution in [3.8, 4) is 11.5 Å². The molecule has 40 heavy (non-hydrogen) atoms. The SMILES string of the molecule is CCCCCCCCOc1cc(/C=C/C2C=CCN=C2)c(OCCCCCCCC)cc1/C=C/C1C=CCN=C1. The number of ether oxygens (including phenoxy) is 2. The van der Waals surface area contributed by atoms with Crippen LogP contribution in [0.3, 0.4) is 0 Å². The van der Waals surface area contributed by atoms with Crippen molar-refractivity contribution in [3.05, 3.63) is 59.7 Å². The maximum atomic E-state index is 6.42. The van der Waals surface area contributed by atoms with Crippen molar-refractivity contribution >= 4 is 24.6 Å². The maximum Gasteiger partial charge on any atom is 0.127 e. The molecule has 3 rings (SSSR count). The fourth-order valence-corrected chi connectivity index (χ4v) is 4.91. The van der Waals surface area contributed by atoms with Crippen molar-refractivity contribution in [1.82, 2.24) is 0 Å². The summed E-state index contributed by atoms with van der Waals surface area (Å²) in [5.41, 5.74) is 2.13. The minimum absolute atomic E-state index is 0.213. The van der Waals surface area contributed by atoms with Gasteiger partial charge in [-0.3, -0.25) is 9.98 Å². The van der Waals surface area contributed by atoms with E-state index in [4.69, 9.17) is 9.47 Å². The van der Waals surface area contributed by atoms with E-state index in [0.717, 1.165) is 61.8 Å². The second-order valence-electron chi connectivity index (χ2n) is 10.9. The average molecular weight is 545 g/mol. The summed E-state index contributed by atoms with van der Waals surface area (Å²) >= 11 is 0.